The Bertz CT molecular complexity index is 960. The van der Waals surface area contributed by atoms with Gasteiger partial charge in [0.15, 0.2) is 0 Å². The molecule has 0 atom stereocenters. The maximum Gasteiger partial charge on any atom is 0.122 e. The summed E-state index contributed by atoms with van der Waals surface area (Å²) in [5.74, 6) is 1.68. The van der Waals surface area contributed by atoms with Crippen molar-refractivity contribution in [2.45, 2.75) is 6.10 Å². The Kier molecular flexibility index (Phi) is 5.48. The topological polar surface area (TPSA) is 38.7 Å². The monoisotopic (exact) mass is 408 g/mol. The van der Waals surface area contributed by atoms with Crippen LogP contribution in [-0.2, 0) is 0 Å². The van der Waals surface area contributed by atoms with Gasteiger partial charge in [-0.3, -0.25) is 0 Å². The van der Waals surface area contributed by atoms with Crippen LogP contribution in [0, 0.1) is 0 Å². The quantitative estimate of drug-likeness (QED) is 0.410. The minimum atomic E-state index is -0.617. The third kappa shape index (κ3) is 3.83. The number of aliphatic hydroxyl groups excluding tert-OH is 1. The van der Waals surface area contributed by atoms with E-state index in [1.807, 2.05) is 60.7 Å². The smallest absolute Gasteiger partial charge is 0.122 e. The lowest BCUT2D eigenvalue weighted by atomic mass is 10.1. The third-order valence-corrected chi connectivity index (χ3v) is 6.92. The summed E-state index contributed by atoms with van der Waals surface area (Å²) in [7, 11) is 3.33. The van der Waals surface area contributed by atoms with Crippen LogP contribution < -0.4 is 9.47 Å². The van der Waals surface area contributed by atoms with Gasteiger partial charge in [0.05, 0.1) is 14.2 Å². The standard InChI is InChI=1S/C23H20O3S2/c1-25-17-7-3-15(4-8-17)19-11-13-21(27-19)23(24)22-14-12-20(28-22)16-5-9-18(26-2)10-6-16/h3-14,23-24H,1-2H3. The lowest BCUT2D eigenvalue weighted by Gasteiger charge is -2.06. The van der Waals surface area contributed by atoms with Gasteiger partial charge in [-0.15, -0.1) is 22.7 Å². The molecule has 2 aromatic heterocycles. The van der Waals surface area contributed by atoms with E-state index in [2.05, 4.69) is 12.1 Å². The second-order valence-electron chi connectivity index (χ2n) is 6.26. The van der Waals surface area contributed by atoms with E-state index in [-0.39, 0.29) is 0 Å². The molecule has 0 radical (unpaired) electrons. The van der Waals surface area contributed by atoms with E-state index in [0.29, 0.717) is 0 Å². The van der Waals surface area contributed by atoms with Crippen LogP contribution in [0.4, 0.5) is 0 Å². The number of rotatable bonds is 6. The first-order chi connectivity index (χ1) is 13.7. The molecule has 0 saturated heterocycles. The van der Waals surface area contributed by atoms with Gasteiger partial charge in [0, 0.05) is 19.5 Å². The molecule has 0 fully saturated rings. The van der Waals surface area contributed by atoms with Crippen molar-refractivity contribution in [3.8, 4) is 32.4 Å². The van der Waals surface area contributed by atoms with E-state index < -0.39 is 6.10 Å². The largest absolute Gasteiger partial charge is 0.497 e. The van der Waals surface area contributed by atoms with Gasteiger partial charge in [0.25, 0.3) is 0 Å². The second-order valence-corrected chi connectivity index (χ2v) is 8.49. The van der Waals surface area contributed by atoms with Crippen molar-refractivity contribution in [2.24, 2.45) is 0 Å². The number of ether oxygens (including phenoxy) is 2. The summed E-state index contributed by atoms with van der Waals surface area (Å²) in [5.41, 5.74) is 2.24. The van der Waals surface area contributed by atoms with Crippen molar-refractivity contribution in [2.75, 3.05) is 14.2 Å². The summed E-state index contributed by atoms with van der Waals surface area (Å²) < 4.78 is 10.4. The molecule has 2 heterocycles. The van der Waals surface area contributed by atoms with Crippen molar-refractivity contribution in [1.29, 1.82) is 0 Å². The predicted molar refractivity (Wildman–Crippen MR) is 117 cm³/mol. The molecular formula is C23H20O3S2. The van der Waals surface area contributed by atoms with E-state index in [9.17, 15) is 5.11 Å². The first kappa shape index (κ1) is 18.7. The zero-order valence-electron chi connectivity index (χ0n) is 15.6. The highest BCUT2D eigenvalue weighted by Gasteiger charge is 2.16. The molecule has 5 heteroatoms. The first-order valence-electron chi connectivity index (χ1n) is 8.84. The highest BCUT2D eigenvalue weighted by molar-refractivity contribution is 7.17. The Morgan fingerprint density at radius 3 is 1.36 bits per heavy atom. The van der Waals surface area contributed by atoms with E-state index in [4.69, 9.17) is 9.47 Å². The molecule has 0 unspecified atom stereocenters. The summed E-state index contributed by atoms with van der Waals surface area (Å²) in [5, 5.41) is 10.9. The van der Waals surface area contributed by atoms with Crippen LogP contribution in [-0.4, -0.2) is 19.3 Å². The number of benzene rings is 2. The second kappa shape index (κ2) is 8.19. The Morgan fingerprint density at radius 2 is 1.00 bits per heavy atom. The molecule has 0 aliphatic rings. The number of methoxy groups -OCH3 is 2. The van der Waals surface area contributed by atoms with Gasteiger partial charge in [-0.2, -0.15) is 0 Å². The van der Waals surface area contributed by atoms with E-state index in [1.54, 1.807) is 36.9 Å². The average Bonchev–Trinajstić information content (AvgIpc) is 3.44. The molecule has 0 aliphatic carbocycles. The van der Waals surface area contributed by atoms with Gasteiger partial charge in [-0.1, -0.05) is 0 Å². The molecule has 3 nitrogen and oxygen atoms in total. The molecule has 4 aromatic rings. The van der Waals surface area contributed by atoms with Crippen LogP contribution >= 0.6 is 22.7 Å². The minimum Gasteiger partial charge on any atom is -0.497 e. The van der Waals surface area contributed by atoms with Gasteiger partial charge in [-0.05, 0) is 83.9 Å². The van der Waals surface area contributed by atoms with Crippen molar-refractivity contribution in [3.05, 3.63) is 82.6 Å². The zero-order valence-corrected chi connectivity index (χ0v) is 17.2. The zero-order chi connectivity index (χ0) is 19.5. The van der Waals surface area contributed by atoms with Gasteiger partial charge in [0.2, 0.25) is 0 Å². The Balaban J connectivity index is 1.54. The Morgan fingerprint density at radius 1 is 0.607 bits per heavy atom. The summed E-state index contributed by atoms with van der Waals surface area (Å²) in [6.45, 7) is 0. The fourth-order valence-corrected chi connectivity index (χ4v) is 5.07. The molecule has 0 amide bonds. The highest BCUT2D eigenvalue weighted by atomic mass is 32.1. The molecular weight excluding hydrogens is 388 g/mol. The summed E-state index contributed by atoms with van der Waals surface area (Å²) in [6, 6.07) is 24.1. The van der Waals surface area contributed by atoms with E-state index >= 15 is 0 Å². The molecule has 0 aliphatic heterocycles. The lowest BCUT2D eigenvalue weighted by Crippen LogP contribution is -1.92. The van der Waals surface area contributed by atoms with Crippen LogP contribution in [0.3, 0.4) is 0 Å². The van der Waals surface area contributed by atoms with Crippen LogP contribution in [0.25, 0.3) is 20.9 Å². The highest BCUT2D eigenvalue weighted by Crippen LogP contribution is 2.39. The van der Waals surface area contributed by atoms with Crippen LogP contribution in [0.1, 0.15) is 15.9 Å². The lowest BCUT2D eigenvalue weighted by molar-refractivity contribution is 0.228. The van der Waals surface area contributed by atoms with Crippen molar-refractivity contribution in [1.82, 2.24) is 0 Å². The van der Waals surface area contributed by atoms with Gasteiger partial charge >= 0.3 is 0 Å². The minimum absolute atomic E-state index is 0.617. The summed E-state index contributed by atoms with van der Waals surface area (Å²) >= 11 is 3.22. The fraction of sp³-hybridized carbons (Fsp3) is 0.130. The number of hydrogen-bond donors (Lipinski definition) is 1. The molecule has 0 bridgehead atoms. The Labute approximate surface area is 172 Å². The molecule has 28 heavy (non-hydrogen) atoms. The molecule has 142 valence electrons. The van der Waals surface area contributed by atoms with E-state index in [0.717, 1.165) is 42.1 Å². The average molecular weight is 409 g/mol. The van der Waals surface area contributed by atoms with Gasteiger partial charge < -0.3 is 14.6 Å². The fourth-order valence-electron chi connectivity index (χ4n) is 2.96. The maximum atomic E-state index is 10.9. The van der Waals surface area contributed by atoms with Gasteiger partial charge in [-0.25, -0.2) is 0 Å². The van der Waals surface area contributed by atoms with Gasteiger partial charge in [0.1, 0.15) is 17.6 Å². The van der Waals surface area contributed by atoms with Crippen LogP contribution in [0.2, 0.25) is 0 Å². The van der Waals surface area contributed by atoms with Crippen LogP contribution in [0.5, 0.6) is 11.5 Å². The molecule has 1 N–H and O–H groups in total. The SMILES string of the molecule is COc1ccc(-c2ccc(C(O)c3ccc(-c4ccc(OC)cc4)s3)s2)cc1. The van der Waals surface area contributed by atoms with E-state index in [1.165, 1.54) is 0 Å². The molecule has 0 spiro atoms. The van der Waals surface area contributed by atoms with Crippen molar-refractivity contribution in [3.63, 3.8) is 0 Å². The van der Waals surface area contributed by atoms with Crippen LogP contribution in [0.15, 0.2) is 72.8 Å². The Hall–Kier alpha value is -2.60. The maximum absolute atomic E-state index is 10.9. The molecule has 0 saturated carbocycles. The number of aliphatic hydroxyl groups is 1. The van der Waals surface area contributed by atoms with Crippen molar-refractivity contribution >= 4 is 22.7 Å². The predicted octanol–water partition coefficient (Wildman–Crippen LogP) is 6.24. The number of hydrogen-bond acceptors (Lipinski definition) is 5. The summed E-state index contributed by atoms with van der Waals surface area (Å²) in [4.78, 5) is 4.13. The third-order valence-electron chi connectivity index (χ3n) is 4.54. The molecule has 2 aromatic carbocycles. The summed E-state index contributed by atoms with van der Waals surface area (Å²) in [6.07, 6.45) is -0.617. The first-order valence-corrected chi connectivity index (χ1v) is 10.5. The molecule has 4 rings (SSSR count). The normalized spacial score (nSPS) is 11.0. The number of thiophene rings is 2. The van der Waals surface area contributed by atoms with Crippen molar-refractivity contribution < 1.29 is 14.6 Å².